The van der Waals surface area contributed by atoms with Crippen molar-refractivity contribution in [2.75, 3.05) is 0 Å². The fraction of sp³-hybridized carbons (Fsp3) is 0.200. The van der Waals surface area contributed by atoms with E-state index in [9.17, 15) is 0 Å². The molecule has 1 nitrogen and oxygen atoms in total. The van der Waals surface area contributed by atoms with Crippen LogP contribution in [-0.2, 0) is 21.0 Å². The van der Waals surface area contributed by atoms with Gasteiger partial charge < -0.3 is 6.42 Å². The topological polar surface area (TPSA) is 17.1 Å². The van der Waals surface area contributed by atoms with Crippen molar-refractivity contribution in [2.45, 2.75) is 6.92 Å². The summed E-state index contributed by atoms with van der Waals surface area (Å²) in [6.07, 6.45) is 6.18. The van der Waals surface area contributed by atoms with Gasteiger partial charge in [-0.1, -0.05) is 0 Å². The van der Waals surface area contributed by atoms with Gasteiger partial charge in [-0.15, -0.1) is 0 Å². The van der Waals surface area contributed by atoms with Crippen LogP contribution in [0.2, 0.25) is 0 Å². The van der Waals surface area contributed by atoms with E-state index in [0.29, 0.717) is 0 Å². The van der Waals surface area contributed by atoms with E-state index < -0.39 is 0 Å². The van der Waals surface area contributed by atoms with Crippen molar-refractivity contribution in [2.24, 2.45) is 0 Å². The van der Waals surface area contributed by atoms with Crippen molar-refractivity contribution in [3.05, 3.63) is 6.42 Å². The average molecular weight is 130 g/mol. The van der Waals surface area contributed by atoms with Crippen molar-refractivity contribution in [3.63, 3.8) is 0 Å². The summed E-state index contributed by atoms with van der Waals surface area (Å²) in [4.78, 5) is 0. The molecule has 0 saturated carbocycles. The second-order valence-corrected chi connectivity index (χ2v) is 0.500. The van der Waals surface area contributed by atoms with E-state index >= 15 is 0 Å². The third-order valence-electron chi connectivity index (χ3n) is 0.188. The van der Waals surface area contributed by atoms with Crippen molar-refractivity contribution in [1.29, 1.82) is 0 Å². The summed E-state index contributed by atoms with van der Waals surface area (Å²) < 4.78 is 8.19. The number of rotatable bonds is 0. The van der Waals surface area contributed by atoms with Crippen LogP contribution < -0.4 is 0 Å². The first-order valence-electron chi connectivity index (χ1n) is 1.43. The van der Waals surface area contributed by atoms with E-state index in [0.717, 1.165) is 17.4 Å². The molecule has 0 saturated heterocycles. The summed E-state index contributed by atoms with van der Waals surface area (Å²) in [5.41, 5.74) is 0. The molecule has 0 N–H and O–H groups in total. The normalized spacial score (nSPS) is 2.71. The quantitative estimate of drug-likeness (QED) is 0.344. The standard InChI is InChI=1S/C5H3.O.V/c1-3-5-4-2;;/h1H3;;/q-1;;. The van der Waals surface area contributed by atoms with Crippen LogP contribution in [0.15, 0.2) is 0 Å². The van der Waals surface area contributed by atoms with E-state index in [2.05, 4.69) is 11.8 Å². The van der Waals surface area contributed by atoms with Gasteiger partial charge in [0.1, 0.15) is 0 Å². The van der Waals surface area contributed by atoms with Crippen LogP contribution in [0.25, 0.3) is 0 Å². The molecule has 0 atom stereocenters. The molecule has 2 heteroatoms. The van der Waals surface area contributed by atoms with Crippen LogP contribution in [-0.4, -0.2) is 0 Å². The molecular formula is C5H3OV-. The summed E-state index contributed by atoms with van der Waals surface area (Å²) >= 11 is 1.06. The van der Waals surface area contributed by atoms with Gasteiger partial charge in [0.15, 0.2) is 0 Å². The molecule has 0 aromatic carbocycles. The predicted octanol–water partition coefficient (Wildman–Crippen LogP) is 0.478. The van der Waals surface area contributed by atoms with Gasteiger partial charge in [-0.25, -0.2) is 5.92 Å². The molecule has 35 valence electrons. The fourth-order valence-electron chi connectivity index (χ4n) is 0.0625. The molecule has 0 rings (SSSR count). The predicted molar refractivity (Wildman–Crippen MR) is 21.3 cm³/mol. The summed E-state index contributed by atoms with van der Waals surface area (Å²) in [7, 11) is 0. The fourth-order valence-corrected chi connectivity index (χ4v) is 0.0625. The maximum absolute atomic E-state index is 8.19. The van der Waals surface area contributed by atoms with Crippen LogP contribution in [0.3, 0.4) is 0 Å². The molecule has 7 heavy (non-hydrogen) atoms. The van der Waals surface area contributed by atoms with Crippen molar-refractivity contribution in [1.82, 2.24) is 0 Å². The molecule has 0 aliphatic carbocycles. The molecule has 0 aliphatic rings. The zero-order valence-corrected chi connectivity index (χ0v) is 5.25. The van der Waals surface area contributed by atoms with Crippen LogP contribution >= 0.6 is 0 Å². The van der Waals surface area contributed by atoms with E-state index in [1.807, 2.05) is 5.92 Å². The Morgan fingerprint density at radius 2 is 2.00 bits per heavy atom. The Balaban J connectivity index is 0. The Hall–Kier alpha value is -0.496. The van der Waals surface area contributed by atoms with Crippen molar-refractivity contribution >= 4 is 0 Å². The van der Waals surface area contributed by atoms with Gasteiger partial charge in [0.05, 0.1) is 0 Å². The molecule has 0 amide bonds. The van der Waals surface area contributed by atoms with Crippen LogP contribution in [0.1, 0.15) is 6.92 Å². The molecule has 0 bridgehead atoms. The second-order valence-electron chi connectivity index (χ2n) is 0.500. The molecular weight excluding hydrogens is 127 g/mol. The minimum atomic E-state index is 1.06. The Bertz CT molecular complexity index is 112. The van der Waals surface area contributed by atoms with E-state index in [1.165, 1.54) is 0 Å². The molecule has 0 fully saturated rings. The first-order valence-corrected chi connectivity index (χ1v) is 2.00. The Morgan fingerprint density at radius 3 is 2.00 bits per heavy atom. The molecule has 0 heterocycles. The first-order chi connectivity index (χ1) is 3.41. The van der Waals surface area contributed by atoms with Crippen molar-refractivity contribution in [3.8, 4) is 17.8 Å². The Labute approximate surface area is 52.7 Å². The summed E-state index contributed by atoms with van der Waals surface area (Å²) in [5.74, 6) is 6.65. The first kappa shape index (κ1) is 9.71. The van der Waals surface area contributed by atoms with Crippen LogP contribution in [0.5, 0.6) is 0 Å². The summed E-state index contributed by atoms with van der Waals surface area (Å²) in [6.45, 7) is 1.67. The third kappa shape index (κ3) is 29.9. The zero-order chi connectivity index (χ0) is 6.12. The Kier molecular flexibility index (Phi) is 24.7. The minimum absolute atomic E-state index is 1.06. The van der Waals surface area contributed by atoms with Gasteiger partial charge in [0, 0.05) is 0 Å². The molecule has 0 aromatic rings. The number of hydrogen-bond acceptors (Lipinski definition) is 1. The van der Waals surface area contributed by atoms with Gasteiger partial charge in [-0.2, -0.15) is 0 Å². The van der Waals surface area contributed by atoms with Gasteiger partial charge in [-0.3, -0.25) is 11.8 Å². The van der Waals surface area contributed by atoms with Crippen LogP contribution in [0, 0.1) is 24.2 Å². The summed E-state index contributed by atoms with van der Waals surface area (Å²) in [5, 5.41) is 0. The van der Waals surface area contributed by atoms with E-state index in [4.69, 9.17) is 10.1 Å². The van der Waals surface area contributed by atoms with Gasteiger partial charge in [0.25, 0.3) is 0 Å². The maximum atomic E-state index is 8.19. The summed E-state index contributed by atoms with van der Waals surface area (Å²) in [6, 6.07) is 0. The average Bonchev–Trinajstić information content (AvgIpc) is 1.75. The van der Waals surface area contributed by atoms with Gasteiger partial charge in [0.2, 0.25) is 0 Å². The van der Waals surface area contributed by atoms with E-state index in [-0.39, 0.29) is 0 Å². The second kappa shape index (κ2) is 17.8. The Morgan fingerprint density at radius 1 is 1.57 bits per heavy atom. The van der Waals surface area contributed by atoms with Gasteiger partial charge in [-0.05, 0) is 6.92 Å². The van der Waals surface area contributed by atoms with E-state index in [1.54, 1.807) is 6.92 Å². The van der Waals surface area contributed by atoms with Crippen molar-refractivity contribution < 1.29 is 21.0 Å². The molecule has 0 aromatic heterocycles. The third-order valence-corrected chi connectivity index (χ3v) is 0.188. The number of hydrogen-bond donors (Lipinski definition) is 0. The molecule has 0 aliphatic heterocycles. The van der Waals surface area contributed by atoms with Crippen LogP contribution in [0.4, 0.5) is 0 Å². The monoisotopic (exact) mass is 130 g/mol. The molecule has 0 spiro atoms. The SMILES string of the molecule is [C-]#CC#CC.[O]=[V]. The molecule has 0 unspecified atom stereocenters. The zero-order valence-electron chi connectivity index (χ0n) is 3.86. The van der Waals surface area contributed by atoms with Gasteiger partial charge >= 0.3 is 21.0 Å². The molecule has 0 radical (unpaired) electrons.